The van der Waals surface area contributed by atoms with E-state index in [1.54, 1.807) is 27.5 Å². The summed E-state index contributed by atoms with van der Waals surface area (Å²) in [7, 11) is -2.14. The van der Waals surface area contributed by atoms with Gasteiger partial charge in [-0.05, 0) is 85.7 Å². The summed E-state index contributed by atoms with van der Waals surface area (Å²) >= 11 is 0. The first-order valence-electron chi connectivity index (χ1n) is 18.2. The van der Waals surface area contributed by atoms with Gasteiger partial charge in [0.1, 0.15) is 0 Å². The molecule has 6 rings (SSSR count). The Hall–Kier alpha value is -3.42. The molecule has 1 atom stereocenters. The van der Waals surface area contributed by atoms with E-state index in [4.69, 9.17) is 0 Å². The number of benzene rings is 4. The van der Waals surface area contributed by atoms with Crippen LogP contribution in [0.15, 0.2) is 96.1 Å². The Morgan fingerprint density at radius 1 is 0.638 bits per heavy atom. The van der Waals surface area contributed by atoms with Gasteiger partial charge in [-0.2, -0.15) is 0 Å². The van der Waals surface area contributed by atoms with Crippen molar-refractivity contribution in [2.75, 3.05) is 0 Å². The molecule has 1 unspecified atom stereocenters. The molecule has 0 amide bonds. The highest BCUT2D eigenvalue weighted by atomic mass is 28.3. The lowest BCUT2D eigenvalue weighted by molar-refractivity contribution is 0.590. The van der Waals surface area contributed by atoms with Crippen LogP contribution >= 0.6 is 0 Å². The molecule has 0 aliphatic heterocycles. The van der Waals surface area contributed by atoms with Crippen LogP contribution in [0.3, 0.4) is 0 Å². The Morgan fingerprint density at radius 2 is 1.17 bits per heavy atom. The number of rotatable bonds is 8. The smallest absolute Gasteiger partial charge is 0.0659 e. The molecule has 0 spiro atoms. The summed E-state index contributed by atoms with van der Waals surface area (Å²) in [4.78, 5) is 0. The molecule has 2 aliphatic rings. The molecule has 0 N–H and O–H groups in total. The van der Waals surface area contributed by atoms with E-state index in [0.29, 0.717) is 5.54 Å². The third kappa shape index (κ3) is 6.17. The summed E-state index contributed by atoms with van der Waals surface area (Å²) in [5.74, 6) is 0. The minimum absolute atomic E-state index is 0.146. The van der Waals surface area contributed by atoms with Gasteiger partial charge in [0.25, 0.3) is 0 Å². The molecule has 2 aliphatic carbocycles. The minimum atomic E-state index is -2.14. The minimum Gasteiger partial charge on any atom is -0.0659 e. The highest BCUT2D eigenvalue weighted by Crippen LogP contribution is 2.55. The van der Waals surface area contributed by atoms with Crippen LogP contribution in [0.5, 0.6) is 0 Å². The molecule has 4 aromatic carbocycles. The van der Waals surface area contributed by atoms with E-state index in [1.165, 1.54) is 63.8 Å². The molecule has 47 heavy (non-hydrogen) atoms. The Morgan fingerprint density at radius 3 is 1.72 bits per heavy atom. The number of hydrogen-bond acceptors (Lipinski definition) is 0. The van der Waals surface area contributed by atoms with Gasteiger partial charge < -0.3 is 0 Å². The Bertz CT molecular complexity index is 1830. The zero-order chi connectivity index (χ0) is 33.7. The lowest BCUT2D eigenvalue weighted by atomic mass is 9.85. The molecular formula is C46H56Si. The normalized spacial score (nSPS) is 16.4. The lowest BCUT2D eigenvalue weighted by Gasteiger charge is -2.37. The molecular weight excluding hydrogens is 581 g/mol. The average molecular weight is 637 g/mol. The lowest BCUT2D eigenvalue weighted by Crippen LogP contribution is -2.38. The van der Waals surface area contributed by atoms with Crippen LogP contribution in [0.25, 0.3) is 33.5 Å². The fraction of sp³-hybridized carbons (Fsp3) is 0.391. The Balaban J connectivity index is 1.53. The summed E-state index contributed by atoms with van der Waals surface area (Å²) in [5, 5.41) is 1.74. The van der Waals surface area contributed by atoms with Crippen LogP contribution in [0.4, 0.5) is 0 Å². The summed E-state index contributed by atoms with van der Waals surface area (Å²) in [6, 6.07) is 33.1. The second-order valence-electron chi connectivity index (χ2n) is 16.8. The molecule has 0 nitrogen and oxygen atoms in total. The van der Waals surface area contributed by atoms with Crippen molar-refractivity contribution < 1.29 is 0 Å². The van der Waals surface area contributed by atoms with Crippen molar-refractivity contribution in [1.82, 2.24) is 0 Å². The van der Waals surface area contributed by atoms with Gasteiger partial charge in [-0.1, -0.05) is 189 Å². The predicted molar refractivity (Wildman–Crippen MR) is 210 cm³/mol. The van der Waals surface area contributed by atoms with Gasteiger partial charge in [0, 0.05) is 5.54 Å². The van der Waals surface area contributed by atoms with Gasteiger partial charge >= 0.3 is 0 Å². The van der Waals surface area contributed by atoms with Crippen molar-refractivity contribution in [3.63, 3.8) is 0 Å². The monoisotopic (exact) mass is 636 g/mol. The van der Waals surface area contributed by atoms with E-state index < -0.39 is 8.07 Å². The van der Waals surface area contributed by atoms with Crippen molar-refractivity contribution in [3.8, 4) is 22.3 Å². The van der Waals surface area contributed by atoms with Crippen molar-refractivity contribution in [3.05, 3.63) is 129 Å². The predicted octanol–water partition coefficient (Wildman–Crippen LogP) is 13.5. The van der Waals surface area contributed by atoms with Crippen LogP contribution in [0, 0.1) is 0 Å². The largest absolute Gasteiger partial charge is 0.0931 e. The molecule has 4 aromatic rings. The standard InChI is InChI=1S/C46H56Si/c1-11-15-35-29-33-17-13-19-39(31-21-25-37(26-22-31)45(3,4)5)41(33)43(35)47(9,10)44-36(16-12-2)30-34-18-14-20-40(42(34)44)32-23-27-38(28-24-32)46(6,7)8/h13-14,17-29,43H,11-12,15-16,30H2,1-10H3. The van der Waals surface area contributed by atoms with Gasteiger partial charge in [-0.25, -0.2) is 0 Å². The zero-order valence-corrected chi connectivity index (χ0v) is 31.8. The summed E-state index contributed by atoms with van der Waals surface area (Å²) in [5.41, 5.74) is 18.6. The first-order chi connectivity index (χ1) is 22.3. The maximum Gasteiger partial charge on any atom is 0.0931 e. The summed E-state index contributed by atoms with van der Waals surface area (Å²) in [6.07, 6.45) is 8.41. The van der Waals surface area contributed by atoms with E-state index in [9.17, 15) is 0 Å². The zero-order valence-electron chi connectivity index (χ0n) is 30.8. The van der Waals surface area contributed by atoms with Crippen LogP contribution in [-0.4, -0.2) is 8.07 Å². The van der Waals surface area contributed by atoms with Crippen molar-refractivity contribution in [2.24, 2.45) is 0 Å². The van der Waals surface area contributed by atoms with E-state index in [-0.39, 0.29) is 10.8 Å². The van der Waals surface area contributed by atoms with Crippen LogP contribution in [0.2, 0.25) is 13.1 Å². The Labute approximate surface area is 287 Å². The SMILES string of the molecule is CCCC1=Cc2cccc(-c3ccc(C(C)(C)C)cc3)c2C1[Si](C)(C)C1=C(CCC)Cc2cccc(-c3ccc(C(C)(C)C)cc3)c21. The quantitative estimate of drug-likeness (QED) is 0.169. The second kappa shape index (κ2) is 12.6. The molecule has 0 fully saturated rings. The maximum absolute atomic E-state index is 2.70. The number of allylic oxidation sites excluding steroid dienone is 2. The van der Waals surface area contributed by atoms with Crippen LogP contribution in [0.1, 0.15) is 120 Å². The first-order valence-corrected chi connectivity index (χ1v) is 21.2. The molecule has 244 valence electrons. The fourth-order valence-corrected chi connectivity index (χ4v) is 13.1. The molecule has 0 saturated heterocycles. The van der Waals surface area contributed by atoms with Gasteiger partial charge in [-0.3, -0.25) is 0 Å². The first kappa shape index (κ1) is 33.5. The van der Waals surface area contributed by atoms with Gasteiger partial charge in [-0.15, -0.1) is 0 Å². The summed E-state index contributed by atoms with van der Waals surface area (Å²) < 4.78 is 0. The summed E-state index contributed by atoms with van der Waals surface area (Å²) in [6.45, 7) is 24.0. The molecule has 0 bridgehead atoms. The fourth-order valence-electron chi connectivity index (χ4n) is 8.60. The van der Waals surface area contributed by atoms with Gasteiger partial charge in [0.05, 0.1) is 8.07 Å². The number of fused-ring (bicyclic) bond motifs is 2. The van der Waals surface area contributed by atoms with Crippen LogP contribution in [-0.2, 0) is 17.3 Å². The molecule has 1 heteroatoms. The van der Waals surface area contributed by atoms with E-state index in [2.05, 4.69) is 159 Å². The Kier molecular flexibility index (Phi) is 8.94. The molecule has 0 radical (unpaired) electrons. The van der Waals surface area contributed by atoms with Crippen LogP contribution < -0.4 is 0 Å². The van der Waals surface area contributed by atoms with E-state index in [0.717, 1.165) is 12.8 Å². The van der Waals surface area contributed by atoms with Crippen molar-refractivity contribution in [2.45, 2.75) is 117 Å². The van der Waals surface area contributed by atoms with E-state index in [1.807, 2.05) is 0 Å². The third-order valence-electron chi connectivity index (χ3n) is 10.9. The maximum atomic E-state index is 2.70. The molecule has 0 saturated carbocycles. The highest BCUT2D eigenvalue weighted by Gasteiger charge is 2.46. The molecule has 0 heterocycles. The highest BCUT2D eigenvalue weighted by molar-refractivity contribution is 6.96. The van der Waals surface area contributed by atoms with Gasteiger partial charge in [0.15, 0.2) is 0 Å². The number of hydrogen-bond donors (Lipinski definition) is 0. The van der Waals surface area contributed by atoms with E-state index >= 15 is 0 Å². The second-order valence-corrected chi connectivity index (χ2v) is 21.4. The van der Waals surface area contributed by atoms with Crippen molar-refractivity contribution >= 4 is 19.3 Å². The average Bonchev–Trinajstić information content (AvgIpc) is 3.59. The van der Waals surface area contributed by atoms with Crippen molar-refractivity contribution in [1.29, 1.82) is 0 Å². The molecule has 0 aromatic heterocycles. The van der Waals surface area contributed by atoms with Gasteiger partial charge in [0.2, 0.25) is 0 Å². The topological polar surface area (TPSA) is 0 Å². The third-order valence-corrected chi connectivity index (χ3v) is 14.9.